The van der Waals surface area contributed by atoms with Crippen LogP contribution in [-0.4, -0.2) is 44.6 Å². The average Bonchev–Trinajstić information content (AvgIpc) is 2.62. The van der Waals surface area contributed by atoms with Crippen LogP contribution < -0.4 is 15.2 Å². The normalized spacial score (nSPS) is 13.4. The van der Waals surface area contributed by atoms with Crippen LogP contribution in [0.4, 0.5) is 51.0 Å². The van der Waals surface area contributed by atoms with E-state index in [1.165, 1.54) is 6.92 Å². The van der Waals surface area contributed by atoms with Gasteiger partial charge in [0.15, 0.2) is 0 Å². The zero-order valence-electron chi connectivity index (χ0n) is 16.0. The lowest BCUT2D eigenvalue weighted by molar-refractivity contribution is -0.138. The minimum Gasteiger partial charge on any atom is -0.353 e. The van der Waals surface area contributed by atoms with Gasteiger partial charge in [-0.15, -0.1) is 4.83 Å². The number of pyridine rings is 1. The Kier molecular flexibility index (Phi) is 7.09. The molecule has 180 valence electrons. The van der Waals surface area contributed by atoms with Crippen LogP contribution in [0.3, 0.4) is 0 Å². The molecule has 0 aliphatic carbocycles. The van der Waals surface area contributed by atoms with E-state index < -0.39 is 75.4 Å². The maximum atomic E-state index is 13.5. The van der Waals surface area contributed by atoms with Gasteiger partial charge in [-0.3, -0.25) is 5.43 Å². The van der Waals surface area contributed by atoms with Crippen molar-refractivity contribution in [1.29, 1.82) is 0 Å². The number of hydrogen-bond donors (Lipinski definition) is 2. The molecule has 0 amide bonds. The summed E-state index contributed by atoms with van der Waals surface area (Å²) in [6, 6.07) is 2.46. The quantitative estimate of drug-likeness (QED) is 0.436. The maximum absolute atomic E-state index is 13.5. The highest BCUT2D eigenvalue weighted by molar-refractivity contribution is 7.89. The van der Waals surface area contributed by atoms with E-state index >= 15 is 0 Å². The van der Waals surface area contributed by atoms with E-state index in [4.69, 9.17) is 0 Å². The number of hydrazine groups is 1. The van der Waals surface area contributed by atoms with Crippen molar-refractivity contribution in [3.8, 4) is 0 Å². The number of fused-ring (bicyclic) bond motifs is 1. The summed E-state index contributed by atoms with van der Waals surface area (Å²) in [5.41, 5.74) is -0.661. The molecule has 0 bridgehead atoms. The van der Waals surface area contributed by atoms with E-state index in [-0.39, 0.29) is 4.90 Å². The molecule has 0 saturated carbocycles. The third kappa shape index (κ3) is 7.29. The monoisotopic (exact) mass is 498 g/mol. The van der Waals surface area contributed by atoms with Crippen LogP contribution in [0.5, 0.6) is 0 Å². The molecule has 6 nitrogen and oxygen atoms in total. The number of halogens is 9. The molecule has 16 heteroatoms. The van der Waals surface area contributed by atoms with Crippen LogP contribution in [0.1, 0.15) is 12.5 Å². The van der Waals surface area contributed by atoms with E-state index in [0.717, 1.165) is 12.1 Å². The van der Waals surface area contributed by atoms with Crippen molar-refractivity contribution in [3.05, 3.63) is 29.8 Å². The minimum atomic E-state index is -5.08. The molecule has 0 aliphatic heterocycles. The Morgan fingerprint density at radius 2 is 1.50 bits per heavy atom. The van der Waals surface area contributed by atoms with Gasteiger partial charge in [0.1, 0.15) is 18.9 Å². The van der Waals surface area contributed by atoms with Crippen molar-refractivity contribution in [1.82, 2.24) is 9.82 Å². The number of sulfonamides is 1. The SMILES string of the molecule is CCS(=O)(=O)NNc1cc(C(F)(F)F)c2cc(N(CC(F)(F)F)CC(F)(F)F)ccc2n1. The first-order chi connectivity index (χ1) is 14.4. The van der Waals surface area contributed by atoms with Gasteiger partial charge in [-0.2, -0.15) is 39.5 Å². The van der Waals surface area contributed by atoms with Gasteiger partial charge in [0, 0.05) is 11.1 Å². The fourth-order valence-corrected chi connectivity index (χ4v) is 2.99. The minimum absolute atomic E-state index is 0.152. The highest BCUT2D eigenvalue weighted by Crippen LogP contribution is 2.38. The Morgan fingerprint density at radius 3 is 1.97 bits per heavy atom. The molecule has 2 aromatic rings. The summed E-state index contributed by atoms with van der Waals surface area (Å²) < 4.78 is 140. The summed E-state index contributed by atoms with van der Waals surface area (Å²) >= 11 is 0. The van der Waals surface area contributed by atoms with E-state index in [1.807, 2.05) is 5.43 Å². The topological polar surface area (TPSA) is 74.3 Å². The van der Waals surface area contributed by atoms with E-state index in [9.17, 15) is 47.9 Å². The predicted octanol–water partition coefficient (Wildman–Crippen LogP) is 4.45. The molecular weight excluding hydrogens is 483 g/mol. The fourth-order valence-electron chi connectivity index (χ4n) is 2.58. The van der Waals surface area contributed by atoms with Crippen LogP contribution >= 0.6 is 0 Å². The van der Waals surface area contributed by atoms with Gasteiger partial charge in [-0.1, -0.05) is 0 Å². The summed E-state index contributed by atoms with van der Waals surface area (Å²) in [5, 5.41) is -0.770. The standard InChI is InChI=1S/C16H15F9N4O2S/c1-2-32(30,31)28-27-13-6-11(16(23,24)25)10-5-9(3-4-12(10)26-13)29(7-14(17,18)19)8-15(20,21)22/h3-6,28H,2,7-8H2,1H3,(H,26,27). The Labute approximate surface area is 175 Å². The lowest BCUT2D eigenvalue weighted by Gasteiger charge is -2.27. The Morgan fingerprint density at radius 1 is 0.938 bits per heavy atom. The van der Waals surface area contributed by atoms with Crippen molar-refractivity contribution >= 4 is 32.4 Å². The van der Waals surface area contributed by atoms with Crippen LogP contribution in [0, 0.1) is 0 Å². The molecule has 0 saturated heterocycles. The predicted molar refractivity (Wildman–Crippen MR) is 97.3 cm³/mol. The summed E-state index contributed by atoms with van der Waals surface area (Å²) in [7, 11) is -3.87. The second kappa shape index (κ2) is 8.80. The van der Waals surface area contributed by atoms with Crippen molar-refractivity contribution in [3.63, 3.8) is 0 Å². The molecule has 2 rings (SSSR count). The molecule has 1 heterocycles. The molecule has 0 spiro atoms. The smallest absolute Gasteiger partial charge is 0.353 e. The van der Waals surface area contributed by atoms with E-state index in [0.29, 0.717) is 12.1 Å². The first-order valence-corrected chi connectivity index (χ1v) is 10.2. The number of benzene rings is 1. The molecule has 32 heavy (non-hydrogen) atoms. The van der Waals surface area contributed by atoms with Gasteiger partial charge >= 0.3 is 18.5 Å². The van der Waals surface area contributed by atoms with Gasteiger partial charge < -0.3 is 4.90 Å². The van der Waals surface area contributed by atoms with Crippen molar-refractivity contribution < 1.29 is 47.9 Å². The molecule has 0 aliphatic rings. The Bertz CT molecular complexity index is 1050. The molecule has 1 aromatic carbocycles. The highest BCUT2D eigenvalue weighted by Gasteiger charge is 2.38. The summed E-state index contributed by atoms with van der Waals surface area (Å²) in [4.78, 5) is 5.37. The number of alkyl halides is 9. The summed E-state index contributed by atoms with van der Waals surface area (Å²) in [6.45, 7) is -2.84. The number of hydrogen-bond acceptors (Lipinski definition) is 5. The van der Waals surface area contributed by atoms with Crippen LogP contribution in [0.25, 0.3) is 10.9 Å². The zero-order valence-corrected chi connectivity index (χ0v) is 16.8. The molecule has 0 fully saturated rings. The molecule has 2 N–H and O–H groups in total. The lowest BCUT2D eigenvalue weighted by Crippen LogP contribution is -2.40. The number of nitrogens with zero attached hydrogens (tertiary/aromatic N) is 2. The molecule has 0 radical (unpaired) electrons. The van der Waals surface area contributed by atoms with Gasteiger partial charge in [0.2, 0.25) is 10.0 Å². The van der Waals surface area contributed by atoms with Gasteiger partial charge in [-0.05, 0) is 31.2 Å². The average molecular weight is 498 g/mol. The Balaban J connectivity index is 2.59. The first kappa shape index (κ1) is 25.8. The van der Waals surface area contributed by atoms with Gasteiger partial charge in [0.05, 0.1) is 16.8 Å². The van der Waals surface area contributed by atoms with Crippen LogP contribution in [-0.2, 0) is 16.2 Å². The summed E-state index contributed by atoms with van der Waals surface area (Å²) in [6.07, 6.45) is -15.2. The highest BCUT2D eigenvalue weighted by atomic mass is 32.2. The molecule has 1 aromatic heterocycles. The molecule has 0 unspecified atom stereocenters. The number of nitrogens with one attached hydrogen (secondary N) is 2. The Hall–Kier alpha value is -2.49. The summed E-state index contributed by atoms with van der Waals surface area (Å²) in [5.74, 6) is -0.992. The second-order valence-electron chi connectivity index (χ2n) is 6.47. The largest absolute Gasteiger partial charge is 0.417 e. The van der Waals surface area contributed by atoms with Crippen molar-refractivity contribution in [2.75, 3.05) is 29.2 Å². The van der Waals surface area contributed by atoms with Crippen molar-refractivity contribution in [2.24, 2.45) is 0 Å². The third-order valence-corrected chi connectivity index (χ3v) is 5.09. The lowest BCUT2D eigenvalue weighted by atomic mass is 10.1. The number of aromatic nitrogens is 1. The van der Waals surface area contributed by atoms with E-state index in [1.54, 1.807) is 4.83 Å². The number of anilines is 2. The number of rotatable bonds is 7. The second-order valence-corrected chi connectivity index (χ2v) is 8.48. The van der Waals surface area contributed by atoms with Crippen LogP contribution in [0.2, 0.25) is 0 Å². The van der Waals surface area contributed by atoms with Crippen LogP contribution in [0.15, 0.2) is 24.3 Å². The van der Waals surface area contributed by atoms with Gasteiger partial charge in [-0.25, -0.2) is 13.4 Å². The zero-order chi connectivity index (χ0) is 24.5. The first-order valence-electron chi connectivity index (χ1n) is 8.56. The molecular formula is C16H15F9N4O2S. The maximum Gasteiger partial charge on any atom is 0.417 e. The molecule has 0 atom stereocenters. The fraction of sp³-hybridized carbons (Fsp3) is 0.438. The van der Waals surface area contributed by atoms with E-state index in [2.05, 4.69) is 4.98 Å². The van der Waals surface area contributed by atoms with Gasteiger partial charge in [0.25, 0.3) is 0 Å². The third-order valence-electron chi connectivity index (χ3n) is 3.92. The van der Waals surface area contributed by atoms with Crippen molar-refractivity contribution in [2.45, 2.75) is 25.5 Å².